The van der Waals surface area contributed by atoms with Gasteiger partial charge in [-0.05, 0) is 31.0 Å². The van der Waals surface area contributed by atoms with E-state index in [-0.39, 0.29) is 6.04 Å². The Balaban J connectivity index is 2.24. The van der Waals surface area contributed by atoms with Crippen LogP contribution in [0.2, 0.25) is 0 Å². The quantitative estimate of drug-likeness (QED) is 0.842. The largest absolute Gasteiger partial charge is 0.338 e. The van der Waals surface area contributed by atoms with Crippen molar-refractivity contribution in [2.75, 3.05) is 6.54 Å². The van der Waals surface area contributed by atoms with Gasteiger partial charge in [0.25, 0.3) is 0 Å². The van der Waals surface area contributed by atoms with Crippen LogP contribution in [0, 0.1) is 0 Å². The molecule has 0 spiro atoms. The highest BCUT2D eigenvalue weighted by Crippen LogP contribution is 2.20. The smallest absolute Gasteiger partial charge is 0.110 e. The molecule has 1 atom stereocenters. The highest BCUT2D eigenvalue weighted by Gasteiger charge is 2.17. The lowest BCUT2D eigenvalue weighted by atomic mass is 10.0. The number of nitrogens with zero attached hydrogens (tertiary/aromatic N) is 3. The lowest BCUT2D eigenvalue weighted by Gasteiger charge is -2.20. The zero-order chi connectivity index (χ0) is 14.4. The van der Waals surface area contributed by atoms with Gasteiger partial charge in [0.05, 0.1) is 11.7 Å². The Hall–Kier alpha value is -1.68. The molecule has 0 bridgehead atoms. The number of aromatic nitrogens is 3. The third-order valence-corrected chi connectivity index (χ3v) is 3.59. The summed E-state index contributed by atoms with van der Waals surface area (Å²) in [5, 5.41) is 3.61. The van der Waals surface area contributed by atoms with Crippen LogP contribution in [-0.2, 0) is 19.9 Å². The van der Waals surface area contributed by atoms with Crippen LogP contribution in [0.5, 0.6) is 0 Å². The number of hydrogen-bond acceptors (Lipinski definition) is 3. The third kappa shape index (κ3) is 3.45. The van der Waals surface area contributed by atoms with Crippen LogP contribution >= 0.6 is 0 Å². The number of rotatable bonds is 7. The zero-order valence-electron chi connectivity index (χ0n) is 12.6. The molecule has 0 aromatic carbocycles. The lowest BCUT2D eigenvalue weighted by molar-refractivity contribution is 0.498. The Morgan fingerprint density at radius 1 is 1.25 bits per heavy atom. The molecule has 2 heterocycles. The predicted octanol–water partition coefficient (Wildman–Crippen LogP) is 2.66. The average molecular weight is 272 g/mol. The van der Waals surface area contributed by atoms with Crippen molar-refractivity contribution < 1.29 is 0 Å². The predicted molar refractivity (Wildman–Crippen MR) is 81.6 cm³/mol. The van der Waals surface area contributed by atoms with E-state index in [2.05, 4.69) is 39.8 Å². The first-order valence-corrected chi connectivity index (χ1v) is 7.39. The Labute approximate surface area is 121 Å². The van der Waals surface area contributed by atoms with Crippen LogP contribution in [0.15, 0.2) is 30.7 Å². The first-order valence-electron chi connectivity index (χ1n) is 7.39. The molecule has 1 unspecified atom stereocenters. The molecule has 2 aromatic heterocycles. The molecule has 0 amide bonds. The van der Waals surface area contributed by atoms with E-state index in [1.54, 1.807) is 0 Å². The van der Waals surface area contributed by atoms with Gasteiger partial charge in [0, 0.05) is 32.1 Å². The molecule has 0 saturated heterocycles. The normalized spacial score (nSPS) is 12.6. The van der Waals surface area contributed by atoms with E-state index in [4.69, 9.17) is 0 Å². The molecule has 0 aliphatic heterocycles. The molecule has 20 heavy (non-hydrogen) atoms. The minimum atomic E-state index is 0.229. The van der Waals surface area contributed by atoms with Crippen molar-refractivity contribution in [2.45, 2.75) is 39.2 Å². The average Bonchev–Trinajstić information content (AvgIpc) is 2.88. The van der Waals surface area contributed by atoms with E-state index in [9.17, 15) is 0 Å². The highest BCUT2D eigenvalue weighted by molar-refractivity contribution is 5.23. The van der Waals surface area contributed by atoms with Gasteiger partial charge in [-0.2, -0.15) is 0 Å². The van der Waals surface area contributed by atoms with E-state index in [1.807, 2.05) is 31.7 Å². The Morgan fingerprint density at radius 3 is 2.75 bits per heavy atom. The van der Waals surface area contributed by atoms with Gasteiger partial charge in [-0.15, -0.1) is 0 Å². The van der Waals surface area contributed by atoms with Gasteiger partial charge in [0.2, 0.25) is 0 Å². The first kappa shape index (κ1) is 14.7. The summed E-state index contributed by atoms with van der Waals surface area (Å²) in [5.74, 6) is 1.09. The van der Waals surface area contributed by atoms with Crippen molar-refractivity contribution >= 4 is 0 Å². The van der Waals surface area contributed by atoms with Crippen molar-refractivity contribution in [1.82, 2.24) is 19.9 Å². The summed E-state index contributed by atoms with van der Waals surface area (Å²) in [4.78, 5) is 9.05. The topological polar surface area (TPSA) is 42.7 Å². The molecule has 108 valence electrons. The van der Waals surface area contributed by atoms with Crippen LogP contribution in [0.3, 0.4) is 0 Å². The van der Waals surface area contributed by atoms with Gasteiger partial charge < -0.3 is 9.88 Å². The van der Waals surface area contributed by atoms with Gasteiger partial charge in [-0.3, -0.25) is 4.98 Å². The highest BCUT2D eigenvalue weighted by atomic mass is 15.0. The molecule has 0 radical (unpaired) electrons. The van der Waals surface area contributed by atoms with Gasteiger partial charge in [-0.25, -0.2) is 4.98 Å². The van der Waals surface area contributed by atoms with Crippen LogP contribution < -0.4 is 5.32 Å². The van der Waals surface area contributed by atoms with Crippen molar-refractivity contribution in [1.29, 1.82) is 0 Å². The molecule has 2 aromatic rings. The molecular weight excluding hydrogens is 248 g/mol. The van der Waals surface area contributed by atoms with Gasteiger partial charge in [-0.1, -0.05) is 19.9 Å². The van der Waals surface area contributed by atoms with E-state index in [1.165, 1.54) is 5.56 Å². The third-order valence-electron chi connectivity index (χ3n) is 3.59. The molecule has 4 heteroatoms. The van der Waals surface area contributed by atoms with Gasteiger partial charge in [0.15, 0.2) is 0 Å². The molecule has 0 aliphatic carbocycles. The SMILES string of the molecule is CCCNC(Cc1nccn1C)c1ncccc1CC. The Bertz CT molecular complexity index is 533. The summed E-state index contributed by atoms with van der Waals surface area (Å²) in [6, 6.07) is 4.41. The van der Waals surface area contributed by atoms with E-state index in [0.29, 0.717) is 0 Å². The molecule has 0 fully saturated rings. The van der Waals surface area contributed by atoms with E-state index in [0.717, 1.165) is 37.3 Å². The van der Waals surface area contributed by atoms with Crippen LogP contribution in [0.4, 0.5) is 0 Å². The van der Waals surface area contributed by atoms with Crippen LogP contribution in [0.1, 0.15) is 43.4 Å². The van der Waals surface area contributed by atoms with E-state index >= 15 is 0 Å². The molecule has 0 saturated carbocycles. The molecule has 0 aliphatic rings. The van der Waals surface area contributed by atoms with E-state index < -0.39 is 0 Å². The molecule has 1 N–H and O–H groups in total. The first-order chi connectivity index (χ1) is 9.76. The molecule has 4 nitrogen and oxygen atoms in total. The second-order valence-corrected chi connectivity index (χ2v) is 5.07. The maximum absolute atomic E-state index is 4.61. The second kappa shape index (κ2) is 7.20. The second-order valence-electron chi connectivity index (χ2n) is 5.07. The van der Waals surface area contributed by atoms with Crippen LogP contribution in [-0.4, -0.2) is 21.1 Å². The fraction of sp³-hybridized carbons (Fsp3) is 0.500. The summed E-state index contributed by atoms with van der Waals surface area (Å²) < 4.78 is 2.08. The number of aryl methyl sites for hydroxylation is 2. The van der Waals surface area contributed by atoms with Crippen molar-refractivity contribution in [3.63, 3.8) is 0 Å². The molecule has 2 rings (SSSR count). The molecular formula is C16H24N4. The summed E-state index contributed by atoms with van der Waals surface area (Å²) in [6.07, 6.45) is 8.72. The van der Waals surface area contributed by atoms with Crippen molar-refractivity contribution in [3.8, 4) is 0 Å². The number of nitrogens with one attached hydrogen (secondary N) is 1. The van der Waals surface area contributed by atoms with Gasteiger partial charge in [0.1, 0.15) is 5.82 Å². The van der Waals surface area contributed by atoms with Gasteiger partial charge >= 0.3 is 0 Å². The summed E-state index contributed by atoms with van der Waals surface area (Å²) in [7, 11) is 2.04. The zero-order valence-corrected chi connectivity index (χ0v) is 12.6. The maximum atomic E-state index is 4.61. The number of imidazole rings is 1. The Morgan fingerprint density at radius 2 is 2.10 bits per heavy atom. The minimum absolute atomic E-state index is 0.229. The minimum Gasteiger partial charge on any atom is -0.338 e. The van der Waals surface area contributed by atoms with Crippen molar-refractivity contribution in [3.05, 3.63) is 47.8 Å². The lowest BCUT2D eigenvalue weighted by Crippen LogP contribution is -2.27. The Kier molecular flexibility index (Phi) is 5.30. The summed E-state index contributed by atoms with van der Waals surface area (Å²) in [6.45, 7) is 5.36. The van der Waals surface area contributed by atoms with Crippen molar-refractivity contribution in [2.24, 2.45) is 7.05 Å². The number of hydrogen-bond donors (Lipinski definition) is 1. The standard InChI is InChI=1S/C16H24N4/c1-4-8-17-14(12-15-18-10-11-20(15)3)16-13(5-2)7-6-9-19-16/h6-7,9-11,14,17H,4-5,8,12H2,1-3H3. The summed E-state index contributed by atoms with van der Waals surface area (Å²) >= 11 is 0. The summed E-state index contributed by atoms with van der Waals surface area (Å²) in [5.41, 5.74) is 2.47. The monoisotopic (exact) mass is 272 g/mol. The number of pyridine rings is 1. The fourth-order valence-electron chi connectivity index (χ4n) is 2.42. The fourth-order valence-corrected chi connectivity index (χ4v) is 2.42. The van der Waals surface area contributed by atoms with Crippen LogP contribution in [0.25, 0.3) is 0 Å². The maximum Gasteiger partial charge on any atom is 0.110 e.